The summed E-state index contributed by atoms with van der Waals surface area (Å²) in [6, 6.07) is 13.0. The molecule has 0 bridgehead atoms. The molecule has 2 aromatic carbocycles. The zero-order chi connectivity index (χ0) is 19.0. The Balaban J connectivity index is 1.85. The summed E-state index contributed by atoms with van der Waals surface area (Å²) in [5, 5.41) is 8.03. The highest BCUT2D eigenvalue weighted by Gasteiger charge is 2.32. The normalized spacial score (nSPS) is 15.8. The fourth-order valence-electron chi connectivity index (χ4n) is 3.49. The molecule has 27 heavy (non-hydrogen) atoms. The third-order valence-corrected chi connectivity index (χ3v) is 4.92. The van der Waals surface area contributed by atoms with Gasteiger partial charge in [-0.15, -0.1) is 0 Å². The van der Waals surface area contributed by atoms with E-state index in [1.54, 1.807) is 37.2 Å². The molecular weight excluding hydrogens is 366 g/mol. The number of ether oxygens (including phenoxy) is 2. The number of fused-ring (bicyclic) bond motifs is 1. The van der Waals surface area contributed by atoms with Crippen LogP contribution in [0.4, 0.5) is 5.82 Å². The second-order valence-electron chi connectivity index (χ2n) is 6.23. The van der Waals surface area contributed by atoms with Crippen LogP contribution in [0.25, 0.3) is 5.69 Å². The van der Waals surface area contributed by atoms with Gasteiger partial charge in [-0.1, -0.05) is 29.8 Å². The van der Waals surface area contributed by atoms with Gasteiger partial charge in [0.25, 0.3) is 0 Å². The number of halogens is 1. The Hall–Kier alpha value is -2.99. The van der Waals surface area contributed by atoms with Crippen LogP contribution in [0.3, 0.4) is 0 Å². The van der Waals surface area contributed by atoms with Crippen molar-refractivity contribution < 1.29 is 14.3 Å². The topological polar surface area (TPSA) is 65.4 Å². The van der Waals surface area contributed by atoms with Crippen LogP contribution in [0, 0.1) is 0 Å². The maximum Gasteiger partial charge on any atom is 0.226 e. The first-order valence-corrected chi connectivity index (χ1v) is 8.84. The molecule has 138 valence electrons. The molecule has 0 saturated heterocycles. The zero-order valence-corrected chi connectivity index (χ0v) is 15.7. The van der Waals surface area contributed by atoms with Gasteiger partial charge >= 0.3 is 0 Å². The highest BCUT2D eigenvalue weighted by atomic mass is 35.5. The van der Waals surface area contributed by atoms with Crippen LogP contribution in [0.1, 0.15) is 23.5 Å². The number of amides is 1. The zero-order valence-electron chi connectivity index (χ0n) is 14.9. The number of nitrogens with zero attached hydrogens (tertiary/aromatic N) is 2. The number of para-hydroxylation sites is 1. The van der Waals surface area contributed by atoms with Crippen molar-refractivity contribution in [3.63, 3.8) is 0 Å². The third-order valence-electron chi connectivity index (χ3n) is 4.68. The van der Waals surface area contributed by atoms with Crippen molar-refractivity contribution in [1.29, 1.82) is 0 Å². The fraction of sp³-hybridized carbons (Fsp3) is 0.200. The summed E-state index contributed by atoms with van der Waals surface area (Å²) in [4.78, 5) is 12.5. The summed E-state index contributed by atoms with van der Waals surface area (Å²) in [6.45, 7) is 0. The lowest BCUT2D eigenvalue weighted by Gasteiger charge is -2.25. The van der Waals surface area contributed by atoms with E-state index in [0.717, 1.165) is 16.8 Å². The smallest absolute Gasteiger partial charge is 0.226 e. The molecule has 3 aromatic rings. The number of carbonyl (C=O) groups excluding carboxylic acids is 1. The number of aromatic nitrogens is 2. The average molecular weight is 384 g/mol. The molecule has 4 rings (SSSR count). The largest absolute Gasteiger partial charge is 0.493 e. The molecule has 6 nitrogen and oxygen atoms in total. The molecule has 1 aliphatic heterocycles. The van der Waals surface area contributed by atoms with Gasteiger partial charge in [-0.05, 0) is 24.3 Å². The summed E-state index contributed by atoms with van der Waals surface area (Å²) in [6.07, 6.45) is 2.08. The van der Waals surface area contributed by atoms with E-state index in [4.69, 9.17) is 21.1 Å². The predicted octanol–water partition coefficient (Wildman–Crippen LogP) is 4.02. The van der Waals surface area contributed by atoms with Crippen molar-refractivity contribution in [3.8, 4) is 17.2 Å². The average Bonchev–Trinajstić information content (AvgIpc) is 3.10. The third kappa shape index (κ3) is 3.02. The van der Waals surface area contributed by atoms with Crippen molar-refractivity contribution >= 4 is 23.3 Å². The Morgan fingerprint density at radius 2 is 1.96 bits per heavy atom. The molecule has 0 aliphatic carbocycles. The second kappa shape index (κ2) is 6.96. The molecule has 2 heterocycles. The van der Waals surface area contributed by atoms with Crippen molar-refractivity contribution in [2.24, 2.45) is 0 Å². The van der Waals surface area contributed by atoms with Crippen LogP contribution < -0.4 is 14.8 Å². The Kier molecular flexibility index (Phi) is 4.49. The highest BCUT2D eigenvalue weighted by Crippen LogP contribution is 2.44. The number of nitrogens with one attached hydrogen (secondary N) is 1. The van der Waals surface area contributed by atoms with Gasteiger partial charge < -0.3 is 14.8 Å². The minimum absolute atomic E-state index is 0.0823. The maximum atomic E-state index is 12.5. The van der Waals surface area contributed by atoms with Crippen molar-refractivity contribution in [1.82, 2.24) is 9.78 Å². The van der Waals surface area contributed by atoms with Crippen LogP contribution in [0.15, 0.2) is 48.7 Å². The minimum Gasteiger partial charge on any atom is -0.493 e. The number of anilines is 1. The lowest BCUT2D eigenvalue weighted by atomic mass is 9.86. The number of hydrogen-bond donors (Lipinski definition) is 1. The number of hydrogen-bond acceptors (Lipinski definition) is 4. The molecule has 0 unspecified atom stereocenters. The van der Waals surface area contributed by atoms with Gasteiger partial charge in [-0.25, -0.2) is 4.68 Å². The molecule has 0 radical (unpaired) electrons. The first-order valence-electron chi connectivity index (χ1n) is 8.47. The molecule has 7 heteroatoms. The van der Waals surface area contributed by atoms with E-state index >= 15 is 0 Å². The van der Waals surface area contributed by atoms with E-state index in [1.807, 2.05) is 30.3 Å². The van der Waals surface area contributed by atoms with E-state index in [0.29, 0.717) is 28.8 Å². The van der Waals surface area contributed by atoms with Gasteiger partial charge in [0.1, 0.15) is 5.82 Å². The highest BCUT2D eigenvalue weighted by molar-refractivity contribution is 6.30. The summed E-state index contributed by atoms with van der Waals surface area (Å²) in [5.41, 5.74) is 2.59. The Morgan fingerprint density at radius 1 is 1.15 bits per heavy atom. The first kappa shape index (κ1) is 17.4. The molecule has 1 aliphatic rings. The lowest BCUT2D eigenvalue weighted by molar-refractivity contribution is -0.116. The van der Waals surface area contributed by atoms with E-state index < -0.39 is 0 Å². The van der Waals surface area contributed by atoms with Crippen molar-refractivity contribution in [2.45, 2.75) is 12.3 Å². The standard InChI is InChI=1S/C20H18ClN3O3/c1-26-17-8-4-7-14(19(17)27-2)15-10-18(25)23-20-16(15)11-22-24(20)13-6-3-5-12(21)9-13/h3-9,11,15H,10H2,1-2H3,(H,23,25)/t15-/m1/s1. The minimum atomic E-state index is -0.188. The summed E-state index contributed by atoms with van der Waals surface area (Å²) in [7, 11) is 3.19. The van der Waals surface area contributed by atoms with Crippen molar-refractivity contribution in [2.75, 3.05) is 19.5 Å². The van der Waals surface area contributed by atoms with E-state index in [1.165, 1.54) is 0 Å². The van der Waals surface area contributed by atoms with Crippen molar-refractivity contribution in [3.05, 3.63) is 64.8 Å². The van der Waals surface area contributed by atoms with E-state index in [2.05, 4.69) is 10.4 Å². The second-order valence-corrected chi connectivity index (χ2v) is 6.66. The molecule has 0 spiro atoms. The van der Waals surface area contributed by atoms with Gasteiger partial charge in [-0.2, -0.15) is 5.10 Å². The monoisotopic (exact) mass is 383 g/mol. The maximum absolute atomic E-state index is 12.5. The van der Waals surface area contributed by atoms with Gasteiger partial charge in [-0.3, -0.25) is 4.79 Å². The molecule has 1 aromatic heterocycles. The quantitative estimate of drug-likeness (QED) is 0.739. The fourth-order valence-corrected chi connectivity index (χ4v) is 3.67. The Bertz CT molecular complexity index is 1020. The lowest BCUT2D eigenvalue weighted by Crippen LogP contribution is -2.24. The molecule has 0 fully saturated rings. The van der Waals surface area contributed by atoms with Gasteiger partial charge in [0.15, 0.2) is 11.5 Å². The van der Waals surface area contributed by atoms with E-state index in [-0.39, 0.29) is 11.8 Å². The van der Waals surface area contributed by atoms with Crippen LogP contribution in [-0.4, -0.2) is 29.9 Å². The van der Waals surface area contributed by atoms with Gasteiger partial charge in [0, 0.05) is 28.5 Å². The number of benzene rings is 2. The summed E-state index contributed by atoms with van der Waals surface area (Å²) < 4.78 is 12.7. The van der Waals surface area contributed by atoms with Crippen LogP contribution in [-0.2, 0) is 4.79 Å². The number of rotatable bonds is 4. The van der Waals surface area contributed by atoms with Crippen LogP contribution in [0.2, 0.25) is 5.02 Å². The molecule has 1 N–H and O–H groups in total. The Labute approximate surface area is 161 Å². The molecule has 1 amide bonds. The summed E-state index contributed by atoms with van der Waals surface area (Å²) in [5.74, 6) is 1.63. The van der Waals surface area contributed by atoms with Gasteiger partial charge in [0.2, 0.25) is 5.91 Å². The SMILES string of the molecule is COc1cccc([C@H]2CC(=O)Nc3c2cnn3-c2cccc(Cl)c2)c1OC. The predicted molar refractivity (Wildman–Crippen MR) is 103 cm³/mol. The number of carbonyl (C=O) groups is 1. The van der Waals surface area contributed by atoms with E-state index in [9.17, 15) is 4.79 Å². The van der Waals surface area contributed by atoms with Gasteiger partial charge in [0.05, 0.1) is 26.1 Å². The Morgan fingerprint density at radius 3 is 2.70 bits per heavy atom. The molecule has 1 atom stereocenters. The first-order chi connectivity index (χ1) is 13.1. The van der Waals surface area contributed by atoms with Crippen LogP contribution in [0.5, 0.6) is 11.5 Å². The summed E-state index contributed by atoms with van der Waals surface area (Å²) >= 11 is 6.11. The van der Waals surface area contributed by atoms with Crippen LogP contribution >= 0.6 is 11.6 Å². The molecule has 0 saturated carbocycles. The molecular formula is C20H18ClN3O3. The number of methoxy groups -OCH3 is 2.